The number of methoxy groups -OCH3 is 4. The molecule has 29 heavy (non-hydrogen) atoms. The molecule has 0 N–H and O–H groups in total. The largest absolute Gasteiger partial charge is 0.493 e. The van der Waals surface area contributed by atoms with Crippen LogP contribution in [0.5, 0.6) is 28.7 Å². The summed E-state index contributed by atoms with van der Waals surface area (Å²) in [7, 11) is 6.04. The van der Waals surface area contributed by atoms with Crippen molar-refractivity contribution in [2.45, 2.75) is 20.0 Å². The number of furan rings is 1. The van der Waals surface area contributed by atoms with Crippen LogP contribution in [0, 0.1) is 0 Å². The molecule has 7 nitrogen and oxygen atoms in total. The van der Waals surface area contributed by atoms with Crippen LogP contribution in [-0.4, -0.2) is 40.3 Å². The molecule has 1 heterocycles. The van der Waals surface area contributed by atoms with E-state index in [1.165, 1.54) is 27.6 Å². The van der Waals surface area contributed by atoms with Crippen molar-refractivity contribution in [3.8, 4) is 28.7 Å². The van der Waals surface area contributed by atoms with E-state index in [2.05, 4.69) is 0 Å². The fraction of sp³-hybridized carbons (Fsp3) is 0.318. The molecule has 0 aliphatic carbocycles. The summed E-state index contributed by atoms with van der Waals surface area (Å²) in [6.07, 6.45) is 1.32. The van der Waals surface area contributed by atoms with Gasteiger partial charge in [-0.3, -0.25) is 4.79 Å². The van der Waals surface area contributed by atoms with Crippen molar-refractivity contribution < 1.29 is 32.9 Å². The van der Waals surface area contributed by atoms with Gasteiger partial charge in [0.25, 0.3) is 0 Å². The highest BCUT2D eigenvalue weighted by molar-refractivity contribution is 6.18. The number of rotatable bonds is 8. The molecule has 0 unspecified atom stereocenters. The lowest BCUT2D eigenvalue weighted by molar-refractivity contribution is 0.103. The Hall–Kier alpha value is -3.35. The van der Waals surface area contributed by atoms with Crippen molar-refractivity contribution >= 4 is 16.8 Å². The summed E-state index contributed by atoms with van der Waals surface area (Å²) in [6.45, 7) is 3.81. The second-order valence-corrected chi connectivity index (χ2v) is 6.50. The molecular formula is C22H24O7. The van der Waals surface area contributed by atoms with Gasteiger partial charge >= 0.3 is 0 Å². The van der Waals surface area contributed by atoms with Crippen LogP contribution in [0.1, 0.15) is 29.8 Å². The van der Waals surface area contributed by atoms with Crippen LogP contribution in [0.15, 0.2) is 34.9 Å². The van der Waals surface area contributed by atoms with Crippen LogP contribution in [-0.2, 0) is 0 Å². The summed E-state index contributed by atoms with van der Waals surface area (Å²) in [5.41, 5.74) is 1.15. The molecule has 0 aliphatic rings. The van der Waals surface area contributed by atoms with Gasteiger partial charge < -0.3 is 28.1 Å². The summed E-state index contributed by atoms with van der Waals surface area (Å²) < 4.78 is 33.1. The van der Waals surface area contributed by atoms with E-state index in [0.717, 1.165) is 0 Å². The monoisotopic (exact) mass is 400 g/mol. The molecule has 0 spiro atoms. The predicted molar refractivity (Wildman–Crippen MR) is 108 cm³/mol. The summed E-state index contributed by atoms with van der Waals surface area (Å²) in [6, 6.07) is 6.81. The van der Waals surface area contributed by atoms with Gasteiger partial charge in [-0.05, 0) is 38.1 Å². The molecule has 0 fully saturated rings. The van der Waals surface area contributed by atoms with Crippen LogP contribution in [0.3, 0.4) is 0 Å². The number of carbonyl (C=O) groups is 1. The van der Waals surface area contributed by atoms with E-state index in [9.17, 15) is 4.79 Å². The zero-order valence-corrected chi connectivity index (χ0v) is 17.3. The molecule has 0 saturated heterocycles. The van der Waals surface area contributed by atoms with Crippen molar-refractivity contribution in [2.75, 3.05) is 28.4 Å². The first kappa shape index (κ1) is 20.4. The van der Waals surface area contributed by atoms with Crippen molar-refractivity contribution in [1.82, 2.24) is 0 Å². The van der Waals surface area contributed by atoms with Gasteiger partial charge in [0.2, 0.25) is 17.3 Å². The van der Waals surface area contributed by atoms with E-state index in [4.69, 9.17) is 28.1 Å². The van der Waals surface area contributed by atoms with Crippen molar-refractivity contribution in [3.63, 3.8) is 0 Å². The number of hydrogen-bond donors (Lipinski definition) is 0. The molecule has 1 aromatic heterocycles. The van der Waals surface area contributed by atoms with Crippen LogP contribution < -0.4 is 23.7 Å². The smallest absolute Gasteiger partial charge is 0.205 e. The summed E-state index contributed by atoms with van der Waals surface area (Å²) in [4.78, 5) is 13.3. The minimum atomic E-state index is -0.276. The summed E-state index contributed by atoms with van der Waals surface area (Å²) in [5.74, 6) is 1.82. The molecule has 154 valence electrons. The first-order valence-corrected chi connectivity index (χ1v) is 9.05. The van der Waals surface area contributed by atoms with E-state index in [0.29, 0.717) is 50.8 Å². The topological polar surface area (TPSA) is 76.4 Å². The Kier molecular flexibility index (Phi) is 5.87. The number of benzene rings is 2. The van der Waals surface area contributed by atoms with Crippen LogP contribution in [0.2, 0.25) is 0 Å². The average molecular weight is 400 g/mol. The van der Waals surface area contributed by atoms with Gasteiger partial charge in [0.15, 0.2) is 22.8 Å². The van der Waals surface area contributed by atoms with Crippen molar-refractivity contribution in [1.29, 1.82) is 0 Å². The van der Waals surface area contributed by atoms with E-state index in [1.807, 2.05) is 13.8 Å². The molecule has 0 amide bonds. The normalized spacial score (nSPS) is 10.9. The summed E-state index contributed by atoms with van der Waals surface area (Å²) >= 11 is 0. The van der Waals surface area contributed by atoms with Crippen LogP contribution in [0.25, 0.3) is 11.0 Å². The second kappa shape index (κ2) is 8.34. The maximum atomic E-state index is 13.3. The van der Waals surface area contributed by atoms with E-state index in [-0.39, 0.29) is 11.9 Å². The number of ketones is 1. The Morgan fingerprint density at radius 2 is 1.41 bits per heavy atom. The maximum absolute atomic E-state index is 13.3. The fourth-order valence-electron chi connectivity index (χ4n) is 3.16. The third-order valence-electron chi connectivity index (χ3n) is 4.43. The highest BCUT2D eigenvalue weighted by Crippen LogP contribution is 2.43. The Bertz CT molecular complexity index is 1030. The molecule has 3 aromatic rings. The van der Waals surface area contributed by atoms with Crippen LogP contribution >= 0.6 is 0 Å². The van der Waals surface area contributed by atoms with Gasteiger partial charge in [0.1, 0.15) is 6.26 Å². The average Bonchev–Trinajstić information content (AvgIpc) is 3.16. The summed E-state index contributed by atoms with van der Waals surface area (Å²) in [5, 5.41) is 0.614. The molecule has 0 bridgehead atoms. The molecule has 0 aliphatic heterocycles. The highest BCUT2D eigenvalue weighted by Gasteiger charge is 2.26. The van der Waals surface area contributed by atoms with Gasteiger partial charge in [-0.1, -0.05) is 0 Å². The van der Waals surface area contributed by atoms with Gasteiger partial charge in [-0.25, -0.2) is 0 Å². The minimum absolute atomic E-state index is 0.0929. The molecule has 0 radical (unpaired) electrons. The lowest BCUT2D eigenvalue weighted by Gasteiger charge is -2.15. The zero-order valence-electron chi connectivity index (χ0n) is 17.3. The second-order valence-electron chi connectivity index (χ2n) is 6.50. The van der Waals surface area contributed by atoms with Gasteiger partial charge in [-0.15, -0.1) is 0 Å². The van der Waals surface area contributed by atoms with Gasteiger partial charge in [0, 0.05) is 5.39 Å². The first-order chi connectivity index (χ1) is 14.0. The highest BCUT2D eigenvalue weighted by atomic mass is 16.5. The lowest BCUT2D eigenvalue weighted by atomic mass is 10.0. The number of carbonyl (C=O) groups excluding carboxylic acids is 1. The molecule has 2 aromatic carbocycles. The molecule has 0 saturated carbocycles. The zero-order chi connectivity index (χ0) is 21.1. The van der Waals surface area contributed by atoms with E-state index >= 15 is 0 Å². The van der Waals surface area contributed by atoms with Crippen molar-refractivity contribution in [3.05, 3.63) is 41.7 Å². The van der Waals surface area contributed by atoms with E-state index in [1.54, 1.807) is 31.4 Å². The van der Waals surface area contributed by atoms with Gasteiger partial charge in [0.05, 0.1) is 45.7 Å². The quantitative estimate of drug-likeness (QED) is 0.516. The standard InChI is InChI=1S/C22H24O7/c1-12(2)29-22-17(25-4)9-7-13-15(11-28-20(13)22)18(23)14-8-10-16(24-3)21(27-6)19(14)26-5/h7-12H,1-6H3. The number of fused-ring (bicyclic) bond motifs is 1. The third-order valence-corrected chi connectivity index (χ3v) is 4.43. The Morgan fingerprint density at radius 1 is 0.793 bits per heavy atom. The van der Waals surface area contributed by atoms with Gasteiger partial charge in [-0.2, -0.15) is 0 Å². The van der Waals surface area contributed by atoms with E-state index < -0.39 is 0 Å². The Balaban J connectivity index is 2.16. The van der Waals surface area contributed by atoms with Crippen molar-refractivity contribution in [2.24, 2.45) is 0 Å². The fourth-order valence-corrected chi connectivity index (χ4v) is 3.16. The number of ether oxygens (including phenoxy) is 5. The first-order valence-electron chi connectivity index (χ1n) is 9.05. The maximum Gasteiger partial charge on any atom is 0.205 e. The lowest BCUT2D eigenvalue weighted by Crippen LogP contribution is -2.07. The Labute approximate surface area is 169 Å². The predicted octanol–water partition coefficient (Wildman–Crippen LogP) is 4.49. The molecule has 7 heteroatoms. The molecular weight excluding hydrogens is 376 g/mol. The molecule has 0 atom stereocenters. The SMILES string of the molecule is COc1ccc(C(=O)c2coc3c(OC(C)C)c(OC)ccc23)c(OC)c1OC. The number of hydrogen-bond acceptors (Lipinski definition) is 7. The molecule has 3 rings (SSSR count). The Morgan fingerprint density at radius 3 is 2.00 bits per heavy atom. The minimum Gasteiger partial charge on any atom is -0.493 e. The van der Waals surface area contributed by atoms with Crippen LogP contribution in [0.4, 0.5) is 0 Å². The third kappa shape index (κ3) is 3.55.